The third kappa shape index (κ3) is 8.14. The molecule has 0 aliphatic heterocycles. The predicted molar refractivity (Wildman–Crippen MR) is 94.5 cm³/mol. The Bertz CT molecular complexity index is 505. The number of rotatable bonds is 10. The van der Waals surface area contributed by atoms with Crippen LogP contribution in [0, 0.1) is 12.8 Å². The molecule has 1 atom stereocenters. The first kappa shape index (κ1) is 20.2. The third-order valence-corrected chi connectivity index (χ3v) is 3.88. The zero-order valence-electron chi connectivity index (χ0n) is 15.3. The number of carbonyl (C=O) groups excluding carboxylic acids is 2. The molecule has 0 aliphatic rings. The largest absolute Gasteiger partial charge is 0.462 e. The minimum Gasteiger partial charge on any atom is -0.462 e. The lowest BCUT2D eigenvalue weighted by molar-refractivity contribution is -0.152. The van der Waals surface area contributed by atoms with E-state index in [1.54, 1.807) is 0 Å². The van der Waals surface area contributed by atoms with Crippen LogP contribution in [0.15, 0.2) is 24.3 Å². The number of benzene rings is 1. The van der Waals surface area contributed by atoms with Gasteiger partial charge in [0.05, 0.1) is 0 Å². The Morgan fingerprint density at radius 3 is 2.25 bits per heavy atom. The molecular weight excluding hydrogens is 304 g/mol. The van der Waals surface area contributed by atoms with Crippen molar-refractivity contribution in [3.8, 4) is 0 Å². The quantitative estimate of drug-likeness (QED) is 0.588. The second-order valence-corrected chi connectivity index (χ2v) is 6.56. The molecule has 0 N–H and O–H groups in total. The van der Waals surface area contributed by atoms with Crippen molar-refractivity contribution in [1.82, 2.24) is 0 Å². The molecule has 134 valence electrons. The highest BCUT2D eigenvalue weighted by molar-refractivity contribution is 5.72. The molecule has 0 aromatic heterocycles. The fourth-order valence-electron chi connectivity index (χ4n) is 2.34. The number of aryl methyl sites for hydroxylation is 1. The summed E-state index contributed by atoms with van der Waals surface area (Å²) in [6, 6.07) is 7.86. The van der Waals surface area contributed by atoms with Gasteiger partial charge in [-0.15, -0.1) is 0 Å². The van der Waals surface area contributed by atoms with Gasteiger partial charge in [0.25, 0.3) is 0 Å². The summed E-state index contributed by atoms with van der Waals surface area (Å²) < 4.78 is 10.7. The number of hydrogen-bond acceptors (Lipinski definition) is 4. The topological polar surface area (TPSA) is 52.6 Å². The summed E-state index contributed by atoms with van der Waals surface area (Å²) in [7, 11) is 0. The highest BCUT2D eigenvalue weighted by atomic mass is 16.5. The van der Waals surface area contributed by atoms with Crippen LogP contribution in [-0.4, -0.2) is 18.0 Å². The van der Waals surface area contributed by atoms with Gasteiger partial charge in [0.15, 0.2) is 0 Å². The molecule has 0 saturated carbocycles. The van der Waals surface area contributed by atoms with E-state index in [4.69, 9.17) is 9.47 Å². The summed E-state index contributed by atoms with van der Waals surface area (Å²) in [5.74, 6) is -0.195. The smallest absolute Gasteiger partial charge is 0.306 e. The summed E-state index contributed by atoms with van der Waals surface area (Å²) in [6.45, 7) is 8.47. The Kier molecular flexibility index (Phi) is 9.13. The van der Waals surface area contributed by atoms with Crippen LogP contribution >= 0.6 is 0 Å². The minimum absolute atomic E-state index is 0.0315. The van der Waals surface area contributed by atoms with E-state index in [1.807, 2.05) is 31.2 Å². The second kappa shape index (κ2) is 10.8. The van der Waals surface area contributed by atoms with Gasteiger partial charge in [-0.2, -0.15) is 0 Å². The maximum absolute atomic E-state index is 11.9. The van der Waals surface area contributed by atoms with Crippen LogP contribution in [-0.2, 0) is 25.7 Å². The molecule has 1 rings (SSSR count). The van der Waals surface area contributed by atoms with Crippen molar-refractivity contribution in [2.24, 2.45) is 5.92 Å². The Morgan fingerprint density at radius 1 is 1.04 bits per heavy atom. The fraction of sp³-hybridized carbons (Fsp3) is 0.600. The molecule has 0 fully saturated rings. The Balaban J connectivity index is 2.22. The maximum atomic E-state index is 11.9. The van der Waals surface area contributed by atoms with Crippen molar-refractivity contribution >= 4 is 11.9 Å². The molecule has 4 heteroatoms. The van der Waals surface area contributed by atoms with Crippen molar-refractivity contribution in [1.29, 1.82) is 0 Å². The molecule has 0 spiro atoms. The molecule has 0 saturated heterocycles. The van der Waals surface area contributed by atoms with E-state index in [0.29, 0.717) is 12.3 Å². The van der Waals surface area contributed by atoms with Crippen LogP contribution < -0.4 is 0 Å². The fourth-order valence-corrected chi connectivity index (χ4v) is 2.34. The van der Waals surface area contributed by atoms with E-state index in [0.717, 1.165) is 18.4 Å². The number of ether oxygens (including phenoxy) is 2. The predicted octanol–water partition coefficient (Wildman–Crippen LogP) is 4.58. The highest BCUT2D eigenvalue weighted by Gasteiger charge is 2.17. The summed E-state index contributed by atoms with van der Waals surface area (Å²) in [4.78, 5) is 23.6. The van der Waals surface area contributed by atoms with Crippen LogP contribution in [0.3, 0.4) is 0 Å². The number of hydrogen-bond donors (Lipinski definition) is 0. The van der Waals surface area contributed by atoms with Crippen molar-refractivity contribution in [3.05, 3.63) is 35.4 Å². The molecule has 0 aliphatic carbocycles. The first-order valence-electron chi connectivity index (χ1n) is 8.83. The molecule has 1 aromatic rings. The highest BCUT2D eigenvalue weighted by Crippen LogP contribution is 2.14. The van der Waals surface area contributed by atoms with Gasteiger partial charge in [0, 0.05) is 12.8 Å². The van der Waals surface area contributed by atoms with E-state index in [9.17, 15) is 9.59 Å². The molecule has 0 radical (unpaired) electrons. The Morgan fingerprint density at radius 2 is 1.67 bits per heavy atom. The first-order valence-corrected chi connectivity index (χ1v) is 8.83. The van der Waals surface area contributed by atoms with Gasteiger partial charge >= 0.3 is 11.9 Å². The molecule has 24 heavy (non-hydrogen) atoms. The van der Waals surface area contributed by atoms with E-state index in [2.05, 4.69) is 20.8 Å². The van der Waals surface area contributed by atoms with Gasteiger partial charge in [0.1, 0.15) is 12.7 Å². The van der Waals surface area contributed by atoms with E-state index in [1.165, 1.54) is 5.56 Å². The summed E-state index contributed by atoms with van der Waals surface area (Å²) >= 11 is 0. The minimum atomic E-state index is -0.280. The molecular formula is C20H30O4. The first-order chi connectivity index (χ1) is 11.4. The van der Waals surface area contributed by atoms with E-state index < -0.39 is 0 Å². The van der Waals surface area contributed by atoms with Crippen LogP contribution in [0.25, 0.3) is 0 Å². The molecule has 1 aromatic carbocycles. The standard InChI is InChI=1S/C20H30O4/c1-5-7-18(15(2)3)24-20(22)9-6-8-19(21)23-14-17-12-10-16(4)11-13-17/h10-13,15,18H,5-9,14H2,1-4H3. The summed E-state index contributed by atoms with van der Waals surface area (Å²) in [5, 5.41) is 0. The van der Waals surface area contributed by atoms with Gasteiger partial charge in [0.2, 0.25) is 0 Å². The van der Waals surface area contributed by atoms with E-state index in [-0.39, 0.29) is 37.5 Å². The zero-order chi connectivity index (χ0) is 17.9. The average Bonchev–Trinajstić information content (AvgIpc) is 2.54. The Labute approximate surface area is 145 Å². The number of esters is 2. The lowest BCUT2D eigenvalue weighted by Crippen LogP contribution is -2.23. The average molecular weight is 334 g/mol. The molecule has 0 bridgehead atoms. The van der Waals surface area contributed by atoms with E-state index >= 15 is 0 Å². The van der Waals surface area contributed by atoms with Crippen LogP contribution in [0.2, 0.25) is 0 Å². The van der Waals surface area contributed by atoms with Crippen LogP contribution in [0.1, 0.15) is 64.0 Å². The molecule has 0 amide bonds. The molecule has 4 nitrogen and oxygen atoms in total. The molecule has 1 unspecified atom stereocenters. The van der Waals surface area contributed by atoms with Crippen molar-refractivity contribution in [2.75, 3.05) is 0 Å². The lowest BCUT2D eigenvalue weighted by Gasteiger charge is -2.20. The lowest BCUT2D eigenvalue weighted by atomic mass is 10.0. The third-order valence-electron chi connectivity index (χ3n) is 3.88. The van der Waals surface area contributed by atoms with Gasteiger partial charge in [-0.25, -0.2) is 0 Å². The monoisotopic (exact) mass is 334 g/mol. The van der Waals surface area contributed by atoms with Crippen molar-refractivity contribution in [3.63, 3.8) is 0 Å². The summed E-state index contributed by atoms with van der Waals surface area (Å²) in [5.41, 5.74) is 2.14. The van der Waals surface area contributed by atoms with Crippen LogP contribution in [0.5, 0.6) is 0 Å². The van der Waals surface area contributed by atoms with Crippen LogP contribution in [0.4, 0.5) is 0 Å². The van der Waals surface area contributed by atoms with Gasteiger partial charge < -0.3 is 9.47 Å². The number of carbonyl (C=O) groups is 2. The van der Waals surface area contributed by atoms with Gasteiger partial charge in [-0.05, 0) is 31.2 Å². The normalized spacial score (nSPS) is 12.0. The second-order valence-electron chi connectivity index (χ2n) is 6.56. The van der Waals surface area contributed by atoms with Crippen molar-refractivity contribution in [2.45, 2.75) is 72.5 Å². The van der Waals surface area contributed by atoms with Gasteiger partial charge in [-0.3, -0.25) is 9.59 Å². The van der Waals surface area contributed by atoms with Gasteiger partial charge in [-0.1, -0.05) is 57.0 Å². The SMILES string of the molecule is CCCC(OC(=O)CCCC(=O)OCc1ccc(C)cc1)C(C)C. The zero-order valence-corrected chi connectivity index (χ0v) is 15.3. The Hall–Kier alpha value is -1.84. The maximum Gasteiger partial charge on any atom is 0.306 e. The van der Waals surface area contributed by atoms with Crippen molar-refractivity contribution < 1.29 is 19.1 Å². The summed E-state index contributed by atoms with van der Waals surface area (Å²) in [6.07, 6.45) is 2.79. The molecule has 0 heterocycles.